The normalized spacial score (nSPS) is 17.9. The molecular formula is C11H18N4O2. The summed E-state index contributed by atoms with van der Waals surface area (Å²) in [4.78, 5) is 13.9. The topological polar surface area (TPSA) is 59.4 Å². The summed E-state index contributed by atoms with van der Waals surface area (Å²) < 4.78 is 6.92. The largest absolute Gasteiger partial charge is 0.378 e. The van der Waals surface area contributed by atoms with Gasteiger partial charge < -0.3 is 15.0 Å². The van der Waals surface area contributed by atoms with Crippen molar-refractivity contribution in [2.24, 2.45) is 7.05 Å². The van der Waals surface area contributed by atoms with E-state index in [4.69, 9.17) is 4.74 Å². The number of carbonyl (C=O) groups is 1. The first-order valence-corrected chi connectivity index (χ1v) is 5.79. The Hall–Kier alpha value is -1.56. The van der Waals surface area contributed by atoms with E-state index in [1.807, 2.05) is 31.1 Å². The first-order chi connectivity index (χ1) is 8.16. The van der Waals surface area contributed by atoms with E-state index < -0.39 is 0 Å². The van der Waals surface area contributed by atoms with Crippen LogP contribution in [0.2, 0.25) is 0 Å². The molecule has 1 aliphatic heterocycles. The van der Waals surface area contributed by atoms with E-state index in [0.29, 0.717) is 26.3 Å². The zero-order chi connectivity index (χ0) is 12.3. The molecule has 0 aromatic carbocycles. The van der Waals surface area contributed by atoms with Crippen molar-refractivity contribution >= 4 is 11.7 Å². The van der Waals surface area contributed by atoms with Crippen LogP contribution >= 0.6 is 0 Å². The third-order valence-corrected chi connectivity index (χ3v) is 2.77. The smallest absolute Gasteiger partial charge is 0.244 e. The Bertz CT molecular complexity index is 385. The minimum atomic E-state index is -0.261. The molecule has 1 aliphatic rings. The van der Waals surface area contributed by atoms with Gasteiger partial charge in [0.1, 0.15) is 11.9 Å². The molecule has 6 heteroatoms. The van der Waals surface area contributed by atoms with Crippen LogP contribution < -0.4 is 5.32 Å². The van der Waals surface area contributed by atoms with E-state index >= 15 is 0 Å². The van der Waals surface area contributed by atoms with E-state index in [1.54, 1.807) is 4.68 Å². The number of nitrogens with one attached hydrogen (secondary N) is 1. The van der Waals surface area contributed by atoms with Gasteiger partial charge in [0, 0.05) is 32.4 Å². The third-order valence-electron chi connectivity index (χ3n) is 2.77. The highest BCUT2D eigenvalue weighted by Gasteiger charge is 2.22. The second kappa shape index (κ2) is 5.18. The molecule has 0 saturated carbocycles. The van der Waals surface area contributed by atoms with Gasteiger partial charge >= 0.3 is 0 Å². The number of aryl methyl sites for hydroxylation is 1. The average molecular weight is 238 g/mol. The molecule has 2 rings (SSSR count). The van der Waals surface area contributed by atoms with Crippen molar-refractivity contribution in [2.75, 3.05) is 31.6 Å². The van der Waals surface area contributed by atoms with Crippen LogP contribution in [-0.2, 0) is 16.6 Å². The summed E-state index contributed by atoms with van der Waals surface area (Å²) in [6.07, 6.45) is 1.84. The third kappa shape index (κ3) is 2.97. The predicted molar refractivity (Wildman–Crippen MR) is 63.7 cm³/mol. The molecule has 1 fully saturated rings. The standard InChI is InChI=1S/C11H18N4O2/c1-9(12-10-3-4-14(2)13-10)11(16)15-5-7-17-8-6-15/h3-4,9H,5-8H2,1-2H3,(H,12,13). The molecule has 1 atom stereocenters. The molecule has 1 amide bonds. The minimum Gasteiger partial charge on any atom is -0.378 e. The van der Waals surface area contributed by atoms with Crippen LogP contribution in [0.5, 0.6) is 0 Å². The molecule has 0 aliphatic carbocycles. The van der Waals surface area contributed by atoms with Crippen molar-refractivity contribution in [1.29, 1.82) is 0 Å². The van der Waals surface area contributed by atoms with Crippen LogP contribution in [-0.4, -0.2) is 52.9 Å². The van der Waals surface area contributed by atoms with Crippen LogP contribution in [0, 0.1) is 0 Å². The Kier molecular flexibility index (Phi) is 3.63. The van der Waals surface area contributed by atoms with Crippen LogP contribution in [0.25, 0.3) is 0 Å². The van der Waals surface area contributed by atoms with Crippen LogP contribution in [0.15, 0.2) is 12.3 Å². The summed E-state index contributed by atoms with van der Waals surface area (Å²) in [5, 5.41) is 7.28. The lowest BCUT2D eigenvalue weighted by molar-refractivity contribution is -0.135. The maximum Gasteiger partial charge on any atom is 0.244 e. The summed E-state index contributed by atoms with van der Waals surface area (Å²) in [6, 6.07) is 1.59. The summed E-state index contributed by atoms with van der Waals surface area (Å²) in [5.41, 5.74) is 0. The Morgan fingerprint density at radius 2 is 2.24 bits per heavy atom. The number of carbonyl (C=O) groups excluding carboxylic acids is 1. The molecule has 1 aromatic rings. The molecule has 1 unspecified atom stereocenters. The fraction of sp³-hybridized carbons (Fsp3) is 0.636. The number of ether oxygens (including phenoxy) is 1. The monoisotopic (exact) mass is 238 g/mol. The average Bonchev–Trinajstić information content (AvgIpc) is 2.75. The number of morpholine rings is 1. The van der Waals surface area contributed by atoms with Gasteiger partial charge in [-0.3, -0.25) is 9.48 Å². The molecule has 1 saturated heterocycles. The Balaban J connectivity index is 1.90. The molecule has 1 aromatic heterocycles. The lowest BCUT2D eigenvalue weighted by Gasteiger charge is -2.29. The van der Waals surface area contributed by atoms with Gasteiger partial charge in [0.2, 0.25) is 5.91 Å². The number of hydrogen-bond acceptors (Lipinski definition) is 4. The van der Waals surface area contributed by atoms with Gasteiger partial charge in [-0.25, -0.2) is 0 Å². The number of rotatable bonds is 3. The van der Waals surface area contributed by atoms with Crippen molar-refractivity contribution in [2.45, 2.75) is 13.0 Å². The van der Waals surface area contributed by atoms with Gasteiger partial charge in [-0.2, -0.15) is 5.10 Å². The van der Waals surface area contributed by atoms with Crippen LogP contribution in [0.3, 0.4) is 0 Å². The molecule has 94 valence electrons. The van der Waals surface area contributed by atoms with E-state index in [1.165, 1.54) is 0 Å². The van der Waals surface area contributed by atoms with Crippen molar-refractivity contribution in [3.8, 4) is 0 Å². The highest BCUT2D eigenvalue weighted by Crippen LogP contribution is 2.07. The summed E-state index contributed by atoms with van der Waals surface area (Å²) in [6.45, 7) is 4.46. The second-order valence-electron chi connectivity index (χ2n) is 4.18. The Labute approximate surface area is 101 Å². The van der Waals surface area contributed by atoms with E-state index in [9.17, 15) is 4.79 Å². The molecule has 0 radical (unpaired) electrons. The number of aromatic nitrogens is 2. The van der Waals surface area contributed by atoms with E-state index in [2.05, 4.69) is 10.4 Å². The van der Waals surface area contributed by atoms with Gasteiger partial charge in [-0.05, 0) is 6.92 Å². The number of anilines is 1. The van der Waals surface area contributed by atoms with Gasteiger partial charge in [0.25, 0.3) is 0 Å². The zero-order valence-corrected chi connectivity index (χ0v) is 10.2. The molecule has 6 nitrogen and oxygen atoms in total. The fourth-order valence-corrected chi connectivity index (χ4v) is 1.83. The molecule has 17 heavy (non-hydrogen) atoms. The van der Waals surface area contributed by atoms with Gasteiger partial charge in [0.05, 0.1) is 13.2 Å². The number of hydrogen-bond donors (Lipinski definition) is 1. The van der Waals surface area contributed by atoms with Gasteiger partial charge in [-0.15, -0.1) is 0 Å². The van der Waals surface area contributed by atoms with E-state index in [-0.39, 0.29) is 11.9 Å². The SMILES string of the molecule is CC(Nc1ccn(C)n1)C(=O)N1CCOCC1. The van der Waals surface area contributed by atoms with Crippen molar-refractivity contribution in [3.05, 3.63) is 12.3 Å². The Morgan fingerprint density at radius 1 is 1.53 bits per heavy atom. The van der Waals surface area contributed by atoms with Crippen molar-refractivity contribution in [3.63, 3.8) is 0 Å². The lowest BCUT2D eigenvalue weighted by atomic mass is 10.2. The quantitative estimate of drug-likeness (QED) is 0.810. The summed E-state index contributed by atoms with van der Waals surface area (Å²) in [7, 11) is 1.85. The molecule has 1 N–H and O–H groups in total. The number of nitrogens with zero attached hydrogens (tertiary/aromatic N) is 3. The van der Waals surface area contributed by atoms with Crippen molar-refractivity contribution in [1.82, 2.24) is 14.7 Å². The fourth-order valence-electron chi connectivity index (χ4n) is 1.83. The Morgan fingerprint density at radius 3 is 2.82 bits per heavy atom. The second-order valence-corrected chi connectivity index (χ2v) is 4.18. The van der Waals surface area contributed by atoms with Gasteiger partial charge in [-0.1, -0.05) is 0 Å². The number of amides is 1. The minimum absolute atomic E-state index is 0.0963. The van der Waals surface area contributed by atoms with Crippen LogP contribution in [0.4, 0.5) is 5.82 Å². The highest BCUT2D eigenvalue weighted by molar-refractivity contribution is 5.84. The van der Waals surface area contributed by atoms with Crippen LogP contribution in [0.1, 0.15) is 6.92 Å². The first-order valence-electron chi connectivity index (χ1n) is 5.79. The maximum absolute atomic E-state index is 12.1. The lowest BCUT2D eigenvalue weighted by Crippen LogP contribution is -2.47. The predicted octanol–water partition coefficient (Wildman–Crippen LogP) is 0.0793. The highest BCUT2D eigenvalue weighted by atomic mass is 16.5. The molecular weight excluding hydrogens is 220 g/mol. The van der Waals surface area contributed by atoms with Gasteiger partial charge in [0.15, 0.2) is 0 Å². The molecule has 0 bridgehead atoms. The molecule has 2 heterocycles. The summed E-state index contributed by atoms with van der Waals surface area (Å²) >= 11 is 0. The summed E-state index contributed by atoms with van der Waals surface area (Å²) in [5.74, 6) is 0.820. The molecule has 0 spiro atoms. The first kappa shape index (κ1) is 11.9. The van der Waals surface area contributed by atoms with Crippen molar-refractivity contribution < 1.29 is 9.53 Å². The zero-order valence-electron chi connectivity index (χ0n) is 10.2. The van der Waals surface area contributed by atoms with E-state index in [0.717, 1.165) is 5.82 Å². The maximum atomic E-state index is 12.1.